The monoisotopic (exact) mass is 245 g/mol. The number of hydrogen-bond acceptors (Lipinski definition) is 4. The van der Waals surface area contributed by atoms with Gasteiger partial charge in [0.1, 0.15) is 12.1 Å². The van der Waals surface area contributed by atoms with Gasteiger partial charge in [0.05, 0.1) is 6.10 Å². The summed E-state index contributed by atoms with van der Waals surface area (Å²) in [6.07, 6.45) is -0.870. The Morgan fingerprint density at radius 3 is 2.53 bits per heavy atom. The zero-order valence-electron chi connectivity index (χ0n) is 9.29. The molecule has 0 spiro atoms. The number of carboxylic acid groups (broad SMARTS) is 1. The predicted molar refractivity (Wildman–Crippen MR) is 55.9 cm³/mol. The first-order chi connectivity index (χ1) is 7.82. The summed E-state index contributed by atoms with van der Waals surface area (Å²) in [6.45, 7) is 1.34. The number of likely N-dealkylation sites (tertiary alicyclic amines) is 1. The Kier molecular flexibility index (Phi) is 3.89. The predicted octanol–water partition coefficient (Wildman–Crippen LogP) is -1.91. The molecule has 0 aliphatic carbocycles. The molecule has 0 aromatic rings. The van der Waals surface area contributed by atoms with Crippen LogP contribution in [0, 0.1) is 0 Å². The second-order valence-electron chi connectivity index (χ2n) is 3.96. The minimum atomic E-state index is -1.18. The summed E-state index contributed by atoms with van der Waals surface area (Å²) < 4.78 is 0. The van der Waals surface area contributed by atoms with Crippen molar-refractivity contribution in [1.29, 1.82) is 0 Å². The van der Waals surface area contributed by atoms with E-state index in [1.54, 1.807) is 0 Å². The van der Waals surface area contributed by atoms with Gasteiger partial charge >= 0.3 is 12.0 Å². The van der Waals surface area contributed by atoms with Gasteiger partial charge in [0.25, 0.3) is 0 Å². The van der Waals surface area contributed by atoms with Crippen molar-refractivity contribution in [3.05, 3.63) is 0 Å². The molecule has 1 rings (SSSR count). The van der Waals surface area contributed by atoms with Gasteiger partial charge < -0.3 is 26.2 Å². The lowest BCUT2D eigenvalue weighted by Gasteiger charge is -2.24. The Balaban J connectivity index is 2.73. The zero-order valence-corrected chi connectivity index (χ0v) is 9.29. The lowest BCUT2D eigenvalue weighted by atomic mass is 10.2. The molecule has 1 aliphatic heterocycles. The van der Waals surface area contributed by atoms with Crippen LogP contribution in [0.5, 0.6) is 0 Å². The fourth-order valence-electron chi connectivity index (χ4n) is 1.82. The number of aliphatic hydroxyl groups is 1. The van der Waals surface area contributed by atoms with Crippen LogP contribution in [0.4, 0.5) is 4.79 Å². The van der Waals surface area contributed by atoms with Crippen LogP contribution < -0.4 is 11.1 Å². The number of aliphatic carboxylic acids is 1. The molecule has 5 N–H and O–H groups in total. The van der Waals surface area contributed by atoms with Crippen LogP contribution in [-0.2, 0) is 9.59 Å². The van der Waals surface area contributed by atoms with E-state index >= 15 is 0 Å². The van der Waals surface area contributed by atoms with Gasteiger partial charge in [-0.05, 0) is 6.92 Å². The fourth-order valence-corrected chi connectivity index (χ4v) is 1.82. The van der Waals surface area contributed by atoms with E-state index in [9.17, 15) is 19.5 Å². The van der Waals surface area contributed by atoms with Crippen LogP contribution in [0.1, 0.15) is 13.3 Å². The molecule has 0 aromatic carbocycles. The van der Waals surface area contributed by atoms with Crippen molar-refractivity contribution in [2.24, 2.45) is 5.73 Å². The normalized spacial score (nSPS) is 25.4. The fraction of sp³-hybridized carbons (Fsp3) is 0.667. The van der Waals surface area contributed by atoms with Crippen molar-refractivity contribution < 1.29 is 24.6 Å². The third-order valence-corrected chi connectivity index (χ3v) is 2.58. The maximum atomic E-state index is 11.8. The van der Waals surface area contributed by atoms with E-state index < -0.39 is 36.1 Å². The van der Waals surface area contributed by atoms with E-state index in [2.05, 4.69) is 5.32 Å². The van der Waals surface area contributed by atoms with Gasteiger partial charge in [-0.25, -0.2) is 9.59 Å². The van der Waals surface area contributed by atoms with Crippen molar-refractivity contribution in [2.45, 2.75) is 31.5 Å². The average Bonchev–Trinajstić information content (AvgIpc) is 2.58. The zero-order chi connectivity index (χ0) is 13.2. The third-order valence-electron chi connectivity index (χ3n) is 2.58. The molecule has 1 fully saturated rings. The quantitative estimate of drug-likeness (QED) is 0.460. The first-order valence-electron chi connectivity index (χ1n) is 5.10. The van der Waals surface area contributed by atoms with Crippen LogP contribution in [0.3, 0.4) is 0 Å². The Bertz CT molecular complexity index is 346. The minimum absolute atomic E-state index is 0.00956. The third kappa shape index (κ3) is 3.06. The molecular formula is C9H15N3O5. The number of amides is 3. The summed E-state index contributed by atoms with van der Waals surface area (Å²) in [5.41, 5.74) is 4.87. The van der Waals surface area contributed by atoms with Gasteiger partial charge in [-0.2, -0.15) is 0 Å². The number of nitrogens with zero attached hydrogens (tertiary/aromatic N) is 1. The Morgan fingerprint density at radius 1 is 1.47 bits per heavy atom. The largest absolute Gasteiger partial charge is 0.480 e. The molecule has 3 atom stereocenters. The highest BCUT2D eigenvalue weighted by Crippen LogP contribution is 2.19. The van der Waals surface area contributed by atoms with Crippen LogP contribution in [0.15, 0.2) is 0 Å². The lowest BCUT2D eigenvalue weighted by Crippen LogP contribution is -2.51. The number of primary amides is 1. The Morgan fingerprint density at radius 2 is 2.06 bits per heavy atom. The number of carboxylic acids is 1. The molecule has 1 saturated heterocycles. The van der Waals surface area contributed by atoms with Gasteiger partial charge in [-0.15, -0.1) is 0 Å². The summed E-state index contributed by atoms with van der Waals surface area (Å²) >= 11 is 0. The highest BCUT2D eigenvalue weighted by Gasteiger charge is 2.40. The summed E-state index contributed by atoms with van der Waals surface area (Å²) in [7, 11) is 0. The highest BCUT2D eigenvalue weighted by atomic mass is 16.4. The number of nitrogens with two attached hydrogens (primary N) is 1. The Hall–Kier alpha value is -1.83. The van der Waals surface area contributed by atoms with Crippen molar-refractivity contribution in [3.63, 3.8) is 0 Å². The smallest absolute Gasteiger partial charge is 0.326 e. The van der Waals surface area contributed by atoms with E-state index in [1.807, 2.05) is 0 Å². The van der Waals surface area contributed by atoms with E-state index in [0.717, 1.165) is 4.90 Å². The lowest BCUT2D eigenvalue weighted by molar-refractivity contribution is -0.148. The molecule has 96 valence electrons. The van der Waals surface area contributed by atoms with Gasteiger partial charge in [-0.3, -0.25) is 4.79 Å². The van der Waals surface area contributed by atoms with E-state index in [4.69, 9.17) is 10.8 Å². The SMILES string of the molecule is CC(NC(N)=O)C(=O)N1CC(O)C[C@H]1C(=O)O. The van der Waals surface area contributed by atoms with E-state index in [0.29, 0.717) is 0 Å². The molecule has 1 aliphatic rings. The maximum Gasteiger partial charge on any atom is 0.326 e. The molecule has 0 radical (unpaired) electrons. The first-order valence-corrected chi connectivity index (χ1v) is 5.10. The number of hydrogen-bond donors (Lipinski definition) is 4. The average molecular weight is 245 g/mol. The maximum absolute atomic E-state index is 11.8. The van der Waals surface area contributed by atoms with Crippen LogP contribution in [-0.4, -0.2) is 57.8 Å². The second-order valence-corrected chi connectivity index (χ2v) is 3.96. The topological polar surface area (TPSA) is 133 Å². The van der Waals surface area contributed by atoms with Crippen molar-refractivity contribution in [1.82, 2.24) is 10.2 Å². The van der Waals surface area contributed by atoms with E-state index in [1.165, 1.54) is 6.92 Å². The molecule has 8 nitrogen and oxygen atoms in total. The van der Waals surface area contributed by atoms with Gasteiger partial charge in [0, 0.05) is 13.0 Å². The van der Waals surface area contributed by atoms with Gasteiger partial charge in [-0.1, -0.05) is 0 Å². The molecule has 1 heterocycles. The number of urea groups is 1. The first kappa shape index (κ1) is 13.2. The number of β-amino-alcohol motifs (C(OH)–C–C–N with tert-alkyl or cyclic N) is 1. The van der Waals surface area contributed by atoms with Crippen molar-refractivity contribution in [2.75, 3.05) is 6.54 Å². The number of carbonyl (C=O) groups is 3. The molecule has 17 heavy (non-hydrogen) atoms. The number of aliphatic hydroxyl groups excluding tert-OH is 1. The number of rotatable bonds is 3. The Labute approximate surface area is 97.4 Å². The molecule has 0 saturated carbocycles. The number of nitrogens with one attached hydrogen (secondary N) is 1. The molecule has 8 heteroatoms. The molecule has 0 bridgehead atoms. The van der Waals surface area contributed by atoms with Crippen LogP contribution >= 0.6 is 0 Å². The standard InChI is InChI=1S/C9H15N3O5/c1-4(11-9(10)17)7(14)12-3-5(13)2-6(12)8(15)16/h4-6,13H,2-3H2,1H3,(H,15,16)(H3,10,11,17)/t4?,5?,6-/m0/s1. The molecular weight excluding hydrogens is 230 g/mol. The van der Waals surface area contributed by atoms with Crippen LogP contribution in [0.25, 0.3) is 0 Å². The van der Waals surface area contributed by atoms with E-state index in [-0.39, 0.29) is 13.0 Å². The van der Waals surface area contributed by atoms with Crippen molar-refractivity contribution >= 4 is 17.9 Å². The molecule has 0 aromatic heterocycles. The summed E-state index contributed by atoms with van der Waals surface area (Å²) in [6, 6.07) is -2.84. The van der Waals surface area contributed by atoms with Crippen LogP contribution in [0.2, 0.25) is 0 Å². The second kappa shape index (κ2) is 5.00. The minimum Gasteiger partial charge on any atom is -0.480 e. The molecule has 3 amide bonds. The van der Waals surface area contributed by atoms with Gasteiger partial charge in [0.2, 0.25) is 5.91 Å². The molecule has 2 unspecified atom stereocenters. The van der Waals surface area contributed by atoms with Gasteiger partial charge in [0.15, 0.2) is 0 Å². The highest BCUT2D eigenvalue weighted by molar-refractivity contribution is 5.90. The summed E-state index contributed by atoms with van der Waals surface area (Å²) in [4.78, 5) is 34.3. The summed E-state index contributed by atoms with van der Waals surface area (Å²) in [5, 5.41) is 20.4. The van der Waals surface area contributed by atoms with Crippen molar-refractivity contribution in [3.8, 4) is 0 Å². The summed E-state index contributed by atoms with van der Waals surface area (Å²) in [5.74, 6) is -1.76. The number of carbonyl (C=O) groups excluding carboxylic acids is 2.